The van der Waals surface area contributed by atoms with E-state index in [1.54, 1.807) is 23.3 Å². The van der Waals surface area contributed by atoms with Crippen molar-refractivity contribution < 1.29 is 4.79 Å². The van der Waals surface area contributed by atoms with Crippen molar-refractivity contribution in [1.82, 2.24) is 9.88 Å². The first-order valence-corrected chi connectivity index (χ1v) is 7.45. The van der Waals surface area contributed by atoms with Gasteiger partial charge in [0.2, 0.25) is 5.91 Å². The predicted molar refractivity (Wildman–Crippen MR) is 83.5 cm³/mol. The van der Waals surface area contributed by atoms with Gasteiger partial charge in [0.05, 0.1) is 22.8 Å². The Bertz CT molecular complexity index is 582. The number of nitrogens with two attached hydrogens (primary N) is 1. The average Bonchev–Trinajstić information content (AvgIpc) is 2.77. The van der Waals surface area contributed by atoms with Crippen LogP contribution in [0.4, 0.5) is 0 Å². The number of fused-ring (bicyclic) bond motifs is 1. The summed E-state index contributed by atoms with van der Waals surface area (Å²) in [6.07, 6.45) is 0. The Morgan fingerprint density at radius 2 is 2.05 bits per heavy atom. The number of carbonyl (C=O) groups excluding carboxylic acids is 1. The molecule has 0 aliphatic heterocycles. The highest BCUT2D eigenvalue weighted by atomic mass is 32.1. The highest BCUT2D eigenvalue weighted by molar-refractivity contribution is 7.18. The molecule has 5 heteroatoms. The number of likely N-dealkylation sites (N-methyl/N-ethyl adjacent to an activating group) is 1. The van der Waals surface area contributed by atoms with Crippen LogP contribution in [0, 0.1) is 5.41 Å². The van der Waals surface area contributed by atoms with Crippen molar-refractivity contribution in [2.24, 2.45) is 11.1 Å². The van der Waals surface area contributed by atoms with E-state index in [9.17, 15) is 4.79 Å². The number of thiazole rings is 1. The third-order valence-electron chi connectivity index (χ3n) is 3.29. The summed E-state index contributed by atoms with van der Waals surface area (Å²) in [5.41, 5.74) is 6.76. The van der Waals surface area contributed by atoms with Crippen LogP contribution in [-0.4, -0.2) is 28.9 Å². The van der Waals surface area contributed by atoms with E-state index in [2.05, 4.69) is 4.98 Å². The van der Waals surface area contributed by atoms with Crippen molar-refractivity contribution in [2.45, 2.75) is 33.4 Å². The van der Waals surface area contributed by atoms with Crippen LogP contribution in [0.2, 0.25) is 0 Å². The van der Waals surface area contributed by atoms with Gasteiger partial charge in [0, 0.05) is 7.05 Å². The van der Waals surface area contributed by atoms with Gasteiger partial charge in [-0.05, 0) is 17.5 Å². The van der Waals surface area contributed by atoms with Gasteiger partial charge >= 0.3 is 0 Å². The maximum absolute atomic E-state index is 12.3. The maximum atomic E-state index is 12.3. The number of rotatable bonds is 3. The molecule has 2 aromatic rings. The number of hydrogen-bond acceptors (Lipinski definition) is 4. The molecule has 0 saturated carbocycles. The molecule has 0 spiro atoms. The molecular formula is C15H21N3OS. The highest BCUT2D eigenvalue weighted by Gasteiger charge is 2.29. The minimum Gasteiger partial charge on any atom is -0.338 e. The summed E-state index contributed by atoms with van der Waals surface area (Å²) >= 11 is 1.62. The van der Waals surface area contributed by atoms with E-state index >= 15 is 0 Å². The number of nitrogens with zero attached hydrogens (tertiary/aromatic N) is 2. The van der Waals surface area contributed by atoms with Gasteiger partial charge in [0.15, 0.2) is 0 Å². The number of aromatic nitrogens is 1. The number of carbonyl (C=O) groups is 1. The summed E-state index contributed by atoms with van der Waals surface area (Å²) in [5.74, 6) is -0.0447. The first-order chi connectivity index (χ1) is 9.29. The van der Waals surface area contributed by atoms with Crippen LogP contribution >= 0.6 is 11.3 Å². The molecular weight excluding hydrogens is 270 g/mol. The minimum absolute atomic E-state index is 0.0447. The van der Waals surface area contributed by atoms with Crippen LogP contribution in [-0.2, 0) is 11.3 Å². The summed E-state index contributed by atoms with van der Waals surface area (Å²) < 4.78 is 1.14. The lowest BCUT2D eigenvalue weighted by molar-refractivity contribution is -0.134. The molecule has 108 valence electrons. The predicted octanol–water partition coefficient (Wildman–Crippen LogP) is 2.63. The third kappa shape index (κ3) is 3.16. The quantitative estimate of drug-likeness (QED) is 0.945. The van der Waals surface area contributed by atoms with Crippen molar-refractivity contribution in [3.63, 3.8) is 0 Å². The number of benzene rings is 1. The highest BCUT2D eigenvalue weighted by Crippen LogP contribution is 2.23. The van der Waals surface area contributed by atoms with Crippen LogP contribution in [0.15, 0.2) is 24.3 Å². The van der Waals surface area contributed by atoms with Gasteiger partial charge in [-0.3, -0.25) is 4.79 Å². The van der Waals surface area contributed by atoms with Crippen LogP contribution in [0.1, 0.15) is 25.8 Å². The second-order valence-electron chi connectivity index (χ2n) is 6.11. The molecule has 1 aromatic heterocycles. The zero-order chi connectivity index (χ0) is 14.9. The van der Waals surface area contributed by atoms with Crippen LogP contribution in [0.25, 0.3) is 10.2 Å². The summed E-state index contributed by atoms with van der Waals surface area (Å²) in [5, 5.41) is 0.933. The maximum Gasteiger partial charge on any atom is 0.240 e. The fraction of sp³-hybridized carbons (Fsp3) is 0.467. The molecule has 2 N–H and O–H groups in total. The van der Waals surface area contributed by atoms with Gasteiger partial charge in [-0.2, -0.15) is 0 Å². The van der Waals surface area contributed by atoms with E-state index in [4.69, 9.17) is 5.73 Å². The van der Waals surface area contributed by atoms with Crippen LogP contribution in [0.3, 0.4) is 0 Å². The molecule has 1 amide bonds. The molecule has 0 aliphatic rings. The lowest BCUT2D eigenvalue weighted by Gasteiger charge is -2.29. The number of amides is 1. The summed E-state index contributed by atoms with van der Waals surface area (Å²) in [4.78, 5) is 18.5. The van der Waals surface area contributed by atoms with E-state index in [-0.39, 0.29) is 11.3 Å². The fourth-order valence-electron chi connectivity index (χ4n) is 1.88. The lowest BCUT2D eigenvalue weighted by Crippen LogP contribution is -2.48. The Morgan fingerprint density at radius 3 is 2.65 bits per heavy atom. The Kier molecular flexibility index (Phi) is 4.11. The van der Waals surface area contributed by atoms with Crippen molar-refractivity contribution in [1.29, 1.82) is 0 Å². The average molecular weight is 291 g/mol. The molecule has 0 fully saturated rings. The van der Waals surface area contributed by atoms with E-state index < -0.39 is 6.04 Å². The Hall–Kier alpha value is -1.46. The van der Waals surface area contributed by atoms with Crippen LogP contribution < -0.4 is 5.73 Å². The van der Waals surface area contributed by atoms with Crippen molar-refractivity contribution in [3.05, 3.63) is 29.3 Å². The monoisotopic (exact) mass is 291 g/mol. The molecule has 1 heterocycles. The molecule has 20 heavy (non-hydrogen) atoms. The van der Waals surface area contributed by atoms with Gasteiger partial charge in [0.1, 0.15) is 5.01 Å². The van der Waals surface area contributed by atoms with Crippen molar-refractivity contribution >= 4 is 27.5 Å². The largest absolute Gasteiger partial charge is 0.338 e. The number of hydrogen-bond donors (Lipinski definition) is 1. The van der Waals surface area contributed by atoms with Gasteiger partial charge < -0.3 is 10.6 Å². The second-order valence-corrected chi connectivity index (χ2v) is 7.23. The summed E-state index contributed by atoms with van der Waals surface area (Å²) in [7, 11) is 1.78. The first kappa shape index (κ1) is 14.9. The molecule has 1 atom stereocenters. The molecule has 0 unspecified atom stereocenters. The zero-order valence-electron chi connectivity index (χ0n) is 12.4. The normalized spacial score (nSPS) is 13.4. The SMILES string of the molecule is CN(Cc1nc2ccccc2s1)C(=O)[C@H](N)C(C)(C)C. The van der Waals surface area contributed by atoms with E-state index in [0.717, 1.165) is 15.2 Å². The molecule has 4 nitrogen and oxygen atoms in total. The standard InChI is InChI=1S/C15H21N3OS/c1-15(2,3)13(16)14(19)18(4)9-12-17-10-7-5-6-8-11(10)20-12/h5-8,13H,9,16H2,1-4H3/t13-/m0/s1. The molecule has 2 rings (SSSR count). The van der Waals surface area contributed by atoms with Gasteiger partial charge in [0.25, 0.3) is 0 Å². The van der Waals surface area contributed by atoms with Crippen LogP contribution in [0.5, 0.6) is 0 Å². The molecule has 0 bridgehead atoms. The Balaban J connectivity index is 2.11. The first-order valence-electron chi connectivity index (χ1n) is 6.64. The lowest BCUT2D eigenvalue weighted by atomic mass is 9.86. The van der Waals surface area contributed by atoms with Crippen molar-refractivity contribution in [2.75, 3.05) is 7.05 Å². The molecule has 1 aromatic carbocycles. The van der Waals surface area contributed by atoms with Gasteiger partial charge in [-0.1, -0.05) is 32.9 Å². The molecule has 0 aliphatic carbocycles. The molecule has 0 saturated heterocycles. The number of para-hydroxylation sites is 1. The topological polar surface area (TPSA) is 59.2 Å². The van der Waals surface area contributed by atoms with Gasteiger partial charge in [-0.15, -0.1) is 11.3 Å². The van der Waals surface area contributed by atoms with Crippen molar-refractivity contribution in [3.8, 4) is 0 Å². The Morgan fingerprint density at radius 1 is 1.40 bits per heavy atom. The molecule has 0 radical (unpaired) electrons. The summed E-state index contributed by atoms with van der Waals surface area (Å²) in [6.45, 7) is 6.42. The smallest absolute Gasteiger partial charge is 0.240 e. The second kappa shape index (κ2) is 5.50. The van der Waals surface area contributed by atoms with E-state index in [1.165, 1.54) is 0 Å². The van der Waals surface area contributed by atoms with E-state index in [1.807, 2.05) is 45.0 Å². The van der Waals surface area contributed by atoms with Gasteiger partial charge in [-0.25, -0.2) is 4.98 Å². The fourth-order valence-corrected chi connectivity index (χ4v) is 2.90. The third-order valence-corrected chi connectivity index (χ3v) is 4.31. The zero-order valence-corrected chi connectivity index (χ0v) is 13.2. The van der Waals surface area contributed by atoms with E-state index in [0.29, 0.717) is 6.54 Å². The summed E-state index contributed by atoms with van der Waals surface area (Å²) in [6, 6.07) is 7.49. The Labute approximate surface area is 123 Å². The minimum atomic E-state index is -0.498.